The van der Waals surface area contributed by atoms with Crippen molar-refractivity contribution < 1.29 is 9.47 Å². The second-order valence-electron chi connectivity index (χ2n) is 4.95. The van der Waals surface area contributed by atoms with Crippen LogP contribution in [0.2, 0.25) is 0 Å². The zero-order valence-corrected chi connectivity index (χ0v) is 12.8. The van der Waals surface area contributed by atoms with Crippen LogP contribution in [-0.2, 0) is 0 Å². The van der Waals surface area contributed by atoms with Crippen LogP contribution in [0.4, 0.5) is 0 Å². The summed E-state index contributed by atoms with van der Waals surface area (Å²) < 4.78 is 11.1. The number of benzene rings is 1. The van der Waals surface area contributed by atoms with Crippen molar-refractivity contribution in [2.45, 2.75) is 43.4 Å². The molecule has 2 rings (SSSR count). The molecular weight excluding hydrogens is 258 g/mol. The molecule has 3 nitrogen and oxygen atoms in total. The molecule has 106 valence electrons. The third-order valence-electron chi connectivity index (χ3n) is 3.22. The lowest BCUT2D eigenvalue weighted by Gasteiger charge is -2.20. The van der Waals surface area contributed by atoms with E-state index in [4.69, 9.17) is 9.47 Å². The largest absolute Gasteiger partial charge is 0.486 e. The molecule has 0 aromatic heterocycles. The minimum Gasteiger partial charge on any atom is -0.486 e. The smallest absolute Gasteiger partial charge is 0.162 e. The molecule has 0 fully saturated rings. The van der Waals surface area contributed by atoms with Gasteiger partial charge in [-0.1, -0.05) is 13.8 Å². The van der Waals surface area contributed by atoms with E-state index in [1.54, 1.807) is 0 Å². The monoisotopic (exact) mass is 281 g/mol. The summed E-state index contributed by atoms with van der Waals surface area (Å²) in [6.45, 7) is 8.99. The predicted octanol–water partition coefficient (Wildman–Crippen LogP) is 3.33. The number of hydrogen-bond donors (Lipinski definition) is 1. The molecule has 0 radical (unpaired) electrons. The van der Waals surface area contributed by atoms with Crippen molar-refractivity contribution in [3.63, 3.8) is 0 Å². The van der Waals surface area contributed by atoms with Gasteiger partial charge in [0.2, 0.25) is 0 Å². The van der Waals surface area contributed by atoms with Crippen LogP contribution < -0.4 is 14.8 Å². The van der Waals surface area contributed by atoms with Crippen molar-refractivity contribution >= 4 is 11.8 Å². The number of fused-ring (bicyclic) bond motifs is 1. The van der Waals surface area contributed by atoms with E-state index in [0.29, 0.717) is 24.5 Å². The van der Waals surface area contributed by atoms with Crippen molar-refractivity contribution in [1.29, 1.82) is 0 Å². The van der Waals surface area contributed by atoms with Crippen molar-refractivity contribution in [2.75, 3.05) is 19.8 Å². The van der Waals surface area contributed by atoms with Gasteiger partial charge in [0.1, 0.15) is 13.2 Å². The highest BCUT2D eigenvalue weighted by atomic mass is 32.2. The molecule has 0 saturated carbocycles. The molecule has 1 aromatic carbocycles. The standard InChI is InChI=1S/C15H23NO2S/c1-4-11(2)16-10-12(3)19-13-5-6-14-15(9-13)18-8-7-17-14/h5-6,9,11-12,16H,4,7-8,10H2,1-3H3. The van der Waals surface area contributed by atoms with Gasteiger partial charge < -0.3 is 14.8 Å². The Morgan fingerprint density at radius 2 is 1.95 bits per heavy atom. The van der Waals surface area contributed by atoms with Gasteiger partial charge in [-0.15, -0.1) is 11.8 Å². The Balaban J connectivity index is 1.88. The first-order valence-electron chi connectivity index (χ1n) is 6.98. The molecule has 19 heavy (non-hydrogen) atoms. The van der Waals surface area contributed by atoms with E-state index in [2.05, 4.69) is 38.2 Å². The van der Waals surface area contributed by atoms with Gasteiger partial charge in [0, 0.05) is 22.7 Å². The van der Waals surface area contributed by atoms with Crippen LogP contribution in [0, 0.1) is 0 Å². The molecule has 1 heterocycles. The maximum Gasteiger partial charge on any atom is 0.162 e. The quantitative estimate of drug-likeness (QED) is 0.810. The summed E-state index contributed by atoms with van der Waals surface area (Å²) >= 11 is 1.87. The maximum absolute atomic E-state index is 5.61. The molecule has 1 N–H and O–H groups in total. The third kappa shape index (κ3) is 4.32. The number of ether oxygens (including phenoxy) is 2. The molecule has 1 aromatic rings. The fourth-order valence-electron chi connectivity index (χ4n) is 1.88. The second-order valence-corrected chi connectivity index (χ2v) is 6.46. The Hall–Kier alpha value is -0.870. The zero-order chi connectivity index (χ0) is 13.7. The normalized spacial score (nSPS) is 17.0. The van der Waals surface area contributed by atoms with E-state index in [1.807, 2.05) is 17.8 Å². The summed E-state index contributed by atoms with van der Waals surface area (Å²) in [7, 11) is 0. The minimum atomic E-state index is 0.538. The first-order chi connectivity index (χ1) is 9.19. The van der Waals surface area contributed by atoms with E-state index < -0.39 is 0 Å². The number of thioether (sulfide) groups is 1. The lowest BCUT2D eigenvalue weighted by Crippen LogP contribution is -2.30. The van der Waals surface area contributed by atoms with Gasteiger partial charge >= 0.3 is 0 Å². The van der Waals surface area contributed by atoms with Gasteiger partial charge in [0.05, 0.1) is 0 Å². The topological polar surface area (TPSA) is 30.5 Å². The van der Waals surface area contributed by atoms with Gasteiger partial charge in [0.25, 0.3) is 0 Å². The van der Waals surface area contributed by atoms with Gasteiger partial charge in [-0.05, 0) is 31.5 Å². The molecule has 0 amide bonds. The van der Waals surface area contributed by atoms with E-state index in [-0.39, 0.29) is 0 Å². The Morgan fingerprint density at radius 3 is 2.68 bits per heavy atom. The second kappa shape index (κ2) is 7.06. The highest BCUT2D eigenvalue weighted by Crippen LogP contribution is 2.35. The van der Waals surface area contributed by atoms with Crippen LogP contribution in [-0.4, -0.2) is 31.1 Å². The maximum atomic E-state index is 5.61. The van der Waals surface area contributed by atoms with Crippen LogP contribution in [0.3, 0.4) is 0 Å². The van der Waals surface area contributed by atoms with E-state index in [9.17, 15) is 0 Å². The van der Waals surface area contributed by atoms with Crippen molar-refractivity contribution in [2.24, 2.45) is 0 Å². The summed E-state index contributed by atoms with van der Waals surface area (Å²) in [6.07, 6.45) is 1.17. The summed E-state index contributed by atoms with van der Waals surface area (Å²) in [5, 5.41) is 4.08. The average Bonchev–Trinajstić information content (AvgIpc) is 2.44. The lowest BCUT2D eigenvalue weighted by atomic mass is 10.2. The Labute approximate surface area is 120 Å². The lowest BCUT2D eigenvalue weighted by molar-refractivity contribution is 0.171. The molecule has 1 aliphatic rings. The Kier molecular flexibility index (Phi) is 5.40. The SMILES string of the molecule is CCC(C)NCC(C)Sc1ccc2c(c1)OCCO2. The third-order valence-corrected chi connectivity index (χ3v) is 4.31. The zero-order valence-electron chi connectivity index (χ0n) is 11.9. The van der Waals surface area contributed by atoms with Crippen LogP contribution in [0.1, 0.15) is 27.2 Å². The van der Waals surface area contributed by atoms with E-state index in [1.165, 1.54) is 11.3 Å². The fourth-order valence-corrected chi connectivity index (χ4v) is 2.85. The van der Waals surface area contributed by atoms with Crippen molar-refractivity contribution in [3.8, 4) is 11.5 Å². The molecule has 0 aliphatic carbocycles. The first-order valence-corrected chi connectivity index (χ1v) is 7.86. The van der Waals surface area contributed by atoms with Gasteiger partial charge in [-0.25, -0.2) is 0 Å². The fraction of sp³-hybridized carbons (Fsp3) is 0.600. The Bertz CT molecular complexity index is 411. The molecule has 1 aliphatic heterocycles. The molecule has 0 spiro atoms. The highest BCUT2D eigenvalue weighted by molar-refractivity contribution is 8.00. The molecular formula is C15H23NO2S. The summed E-state index contributed by atoms with van der Waals surface area (Å²) in [5.74, 6) is 1.74. The van der Waals surface area contributed by atoms with Crippen molar-refractivity contribution in [1.82, 2.24) is 5.32 Å². The van der Waals surface area contributed by atoms with Gasteiger partial charge in [-0.2, -0.15) is 0 Å². The molecule has 4 heteroatoms. The number of nitrogens with one attached hydrogen (secondary N) is 1. The summed E-state index contributed by atoms with van der Waals surface area (Å²) in [6, 6.07) is 6.78. The molecule has 2 unspecified atom stereocenters. The van der Waals surface area contributed by atoms with E-state index >= 15 is 0 Å². The van der Waals surface area contributed by atoms with Crippen LogP contribution in [0.15, 0.2) is 23.1 Å². The first kappa shape index (κ1) is 14.5. The highest BCUT2D eigenvalue weighted by Gasteiger charge is 2.13. The summed E-state index contributed by atoms with van der Waals surface area (Å²) in [5.41, 5.74) is 0. The average molecular weight is 281 g/mol. The minimum absolute atomic E-state index is 0.538. The van der Waals surface area contributed by atoms with Gasteiger partial charge in [-0.3, -0.25) is 0 Å². The molecule has 0 bridgehead atoms. The van der Waals surface area contributed by atoms with Gasteiger partial charge in [0.15, 0.2) is 11.5 Å². The molecule has 0 saturated heterocycles. The van der Waals surface area contributed by atoms with Crippen LogP contribution >= 0.6 is 11.8 Å². The van der Waals surface area contributed by atoms with Crippen molar-refractivity contribution in [3.05, 3.63) is 18.2 Å². The Morgan fingerprint density at radius 1 is 1.21 bits per heavy atom. The number of rotatable bonds is 6. The predicted molar refractivity (Wildman–Crippen MR) is 80.5 cm³/mol. The van der Waals surface area contributed by atoms with E-state index in [0.717, 1.165) is 18.0 Å². The van der Waals surface area contributed by atoms with Crippen LogP contribution in [0.25, 0.3) is 0 Å². The molecule has 2 atom stereocenters. The number of hydrogen-bond acceptors (Lipinski definition) is 4. The van der Waals surface area contributed by atoms with Crippen LogP contribution in [0.5, 0.6) is 11.5 Å². The summed E-state index contributed by atoms with van der Waals surface area (Å²) in [4.78, 5) is 1.24.